The highest BCUT2D eigenvalue weighted by Gasteiger charge is 2.20. The van der Waals surface area contributed by atoms with Gasteiger partial charge in [-0.05, 0) is 66.1 Å². The maximum Gasteiger partial charge on any atom is 0.258 e. The lowest BCUT2D eigenvalue weighted by Gasteiger charge is -2.24. The Bertz CT molecular complexity index is 1320. The van der Waals surface area contributed by atoms with Crippen LogP contribution in [0.5, 0.6) is 5.75 Å². The number of benzene rings is 3. The molecule has 0 radical (unpaired) electrons. The third-order valence-corrected chi connectivity index (χ3v) is 5.85. The minimum atomic E-state index is -0.145. The van der Waals surface area contributed by atoms with Crippen molar-refractivity contribution >= 4 is 17.5 Å². The normalized spacial score (nSPS) is 10.5. The number of anilines is 1. The first-order chi connectivity index (χ1) is 17.5. The molecule has 1 N–H and O–H groups in total. The van der Waals surface area contributed by atoms with Gasteiger partial charge in [-0.1, -0.05) is 48.0 Å². The summed E-state index contributed by atoms with van der Waals surface area (Å²) in [6.45, 7) is 2.87. The summed E-state index contributed by atoms with van der Waals surface area (Å²) >= 11 is 0. The first-order valence-electron chi connectivity index (χ1n) is 11.8. The van der Waals surface area contributed by atoms with Crippen LogP contribution in [-0.4, -0.2) is 23.9 Å². The zero-order valence-corrected chi connectivity index (χ0v) is 20.5. The number of pyridine rings is 1. The molecule has 0 aliphatic heterocycles. The standard InChI is InChI=1S/C30H29N3O3/c1-22-9-11-24(12-10-22)21-33(30(35)26-6-4-8-28(19-26)36-2)27-7-3-5-25(17-27)18-29(34)32-20-23-13-15-31-16-14-23/h3-17,19H,18,20-21H2,1-2H3,(H,32,34). The van der Waals surface area contributed by atoms with Gasteiger partial charge in [0, 0.05) is 30.2 Å². The van der Waals surface area contributed by atoms with Crippen LogP contribution in [0.4, 0.5) is 5.69 Å². The number of aromatic nitrogens is 1. The van der Waals surface area contributed by atoms with Gasteiger partial charge in [-0.2, -0.15) is 0 Å². The molecule has 0 unspecified atom stereocenters. The van der Waals surface area contributed by atoms with Gasteiger partial charge in [0.2, 0.25) is 5.91 Å². The first-order valence-corrected chi connectivity index (χ1v) is 11.8. The van der Waals surface area contributed by atoms with E-state index in [1.165, 1.54) is 0 Å². The third-order valence-electron chi connectivity index (χ3n) is 5.85. The van der Waals surface area contributed by atoms with Crippen LogP contribution >= 0.6 is 0 Å². The summed E-state index contributed by atoms with van der Waals surface area (Å²) in [5.74, 6) is 0.387. The average Bonchev–Trinajstić information content (AvgIpc) is 2.92. The number of hydrogen-bond acceptors (Lipinski definition) is 4. The lowest BCUT2D eigenvalue weighted by Crippen LogP contribution is -2.30. The number of methoxy groups -OCH3 is 1. The van der Waals surface area contributed by atoms with Crippen LogP contribution in [0, 0.1) is 6.92 Å². The van der Waals surface area contributed by atoms with E-state index < -0.39 is 0 Å². The number of carbonyl (C=O) groups excluding carboxylic acids is 2. The van der Waals surface area contributed by atoms with Gasteiger partial charge < -0.3 is 15.0 Å². The molecule has 0 bridgehead atoms. The van der Waals surface area contributed by atoms with E-state index in [-0.39, 0.29) is 18.2 Å². The van der Waals surface area contributed by atoms with Crippen LogP contribution < -0.4 is 15.0 Å². The second-order valence-electron chi connectivity index (χ2n) is 8.59. The van der Waals surface area contributed by atoms with E-state index in [0.29, 0.717) is 24.4 Å². The van der Waals surface area contributed by atoms with Crippen molar-refractivity contribution in [3.8, 4) is 5.75 Å². The second-order valence-corrected chi connectivity index (χ2v) is 8.59. The zero-order valence-electron chi connectivity index (χ0n) is 20.5. The summed E-state index contributed by atoms with van der Waals surface area (Å²) in [6, 6.07) is 26.6. The Morgan fingerprint density at radius 2 is 1.61 bits per heavy atom. The molecular weight excluding hydrogens is 450 g/mol. The van der Waals surface area contributed by atoms with Crippen LogP contribution in [0.2, 0.25) is 0 Å². The van der Waals surface area contributed by atoms with Crippen LogP contribution in [0.1, 0.15) is 32.6 Å². The summed E-state index contributed by atoms with van der Waals surface area (Å²) in [5.41, 5.74) is 5.23. The molecule has 3 aromatic carbocycles. The van der Waals surface area contributed by atoms with Crippen molar-refractivity contribution in [1.29, 1.82) is 0 Å². The Morgan fingerprint density at radius 3 is 2.36 bits per heavy atom. The van der Waals surface area contributed by atoms with E-state index in [1.807, 2.05) is 73.7 Å². The van der Waals surface area contributed by atoms with Gasteiger partial charge in [-0.15, -0.1) is 0 Å². The fourth-order valence-corrected chi connectivity index (χ4v) is 3.85. The van der Waals surface area contributed by atoms with Gasteiger partial charge in [0.15, 0.2) is 0 Å². The van der Waals surface area contributed by atoms with Gasteiger partial charge in [0.25, 0.3) is 5.91 Å². The number of nitrogens with one attached hydrogen (secondary N) is 1. The Morgan fingerprint density at radius 1 is 0.861 bits per heavy atom. The smallest absolute Gasteiger partial charge is 0.258 e. The topological polar surface area (TPSA) is 71.5 Å². The highest BCUT2D eigenvalue weighted by atomic mass is 16.5. The predicted molar refractivity (Wildman–Crippen MR) is 141 cm³/mol. The molecule has 2 amide bonds. The number of hydrogen-bond donors (Lipinski definition) is 1. The molecule has 6 nitrogen and oxygen atoms in total. The molecule has 0 spiro atoms. The predicted octanol–water partition coefficient (Wildman–Crippen LogP) is 5.10. The average molecular weight is 480 g/mol. The summed E-state index contributed by atoms with van der Waals surface area (Å²) < 4.78 is 5.32. The van der Waals surface area contributed by atoms with Crippen LogP contribution in [-0.2, 0) is 24.3 Å². The van der Waals surface area contributed by atoms with Gasteiger partial charge in [0.05, 0.1) is 20.1 Å². The Kier molecular flexibility index (Phi) is 8.08. The fourth-order valence-electron chi connectivity index (χ4n) is 3.85. The molecule has 0 fully saturated rings. The molecule has 0 aliphatic rings. The molecule has 36 heavy (non-hydrogen) atoms. The second kappa shape index (κ2) is 11.8. The summed E-state index contributed by atoms with van der Waals surface area (Å²) in [4.78, 5) is 32.0. The number of rotatable bonds is 9. The zero-order chi connectivity index (χ0) is 25.3. The molecule has 4 rings (SSSR count). The highest BCUT2D eigenvalue weighted by Crippen LogP contribution is 2.24. The van der Waals surface area contributed by atoms with Gasteiger partial charge in [-0.25, -0.2) is 0 Å². The van der Waals surface area contributed by atoms with Crippen LogP contribution in [0.15, 0.2) is 97.3 Å². The molecule has 1 aromatic heterocycles. The van der Waals surface area contributed by atoms with Crippen LogP contribution in [0.25, 0.3) is 0 Å². The Hall–Kier alpha value is -4.45. The van der Waals surface area contributed by atoms with E-state index >= 15 is 0 Å². The molecule has 182 valence electrons. The third kappa shape index (κ3) is 6.57. The van der Waals surface area contributed by atoms with Crippen molar-refractivity contribution in [2.24, 2.45) is 0 Å². The van der Waals surface area contributed by atoms with E-state index in [1.54, 1.807) is 42.6 Å². The summed E-state index contributed by atoms with van der Waals surface area (Å²) in [7, 11) is 1.58. The first kappa shape index (κ1) is 24.7. The highest BCUT2D eigenvalue weighted by molar-refractivity contribution is 6.06. The number of ether oxygens (including phenoxy) is 1. The van der Waals surface area contributed by atoms with E-state index in [0.717, 1.165) is 27.9 Å². The number of amides is 2. The fraction of sp³-hybridized carbons (Fsp3) is 0.167. The minimum absolute atomic E-state index is 0.0897. The Labute approximate surface area is 211 Å². The number of carbonyl (C=O) groups is 2. The van der Waals surface area contributed by atoms with Gasteiger partial charge >= 0.3 is 0 Å². The van der Waals surface area contributed by atoms with Crippen molar-refractivity contribution in [2.75, 3.05) is 12.0 Å². The maximum absolute atomic E-state index is 13.7. The molecule has 4 aromatic rings. The monoisotopic (exact) mass is 479 g/mol. The molecular formula is C30H29N3O3. The van der Waals surface area contributed by atoms with E-state index in [2.05, 4.69) is 10.3 Å². The van der Waals surface area contributed by atoms with Gasteiger partial charge in [-0.3, -0.25) is 14.6 Å². The van der Waals surface area contributed by atoms with Crippen molar-refractivity contribution in [2.45, 2.75) is 26.4 Å². The van der Waals surface area contributed by atoms with Crippen molar-refractivity contribution in [3.63, 3.8) is 0 Å². The van der Waals surface area contributed by atoms with E-state index in [4.69, 9.17) is 4.74 Å². The van der Waals surface area contributed by atoms with Crippen molar-refractivity contribution < 1.29 is 14.3 Å². The van der Waals surface area contributed by atoms with Crippen molar-refractivity contribution in [1.82, 2.24) is 10.3 Å². The quantitative estimate of drug-likeness (QED) is 0.362. The van der Waals surface area contributed by atoms with Crippen LogP contribution in [0.3, 0.4) is 0 Å². The van der Waals surface area contributed by atoms with E-state index in [9.17, 15) is 9.59 Å². The maximum atomic E-state index is 13.7. The lowest BCUT2D eigenvalue weighted by atomic mass is 10.1. The molecule has 0 saturated carbocycles. The summed E-state index contributed by atoms with van der Waals surface area (Å²) in [6.07, 6.45) is 3.62. The molecule has 0 aliphatic carbocycles. The number of nitrogens with zero attached hydrogens (tertiary/aromatic N) is 2. The molecule has 0 saturated heterocycles. The summed E-state index contributed by atoms with van der Waals surface area (Å²) in [5, 5.41) is 2.94. The van der Waals surface area contributed by atoms with Gasteiger partial charge in [0.1, 0.15) is 5.75 Å². The number of aryl methyl sites for hydroxylation is 1. The molecule has 6 heteroatoms. The Balaban J connectivity index is 1.56. The lowest BCUT2D eigenvalue weighted by molar-refractivity contribution is -0.120. The molecule has 0 atom stereocenters. The largest absolute Gasteiger partial charge is 0.497 e. The minimum Gasteiger partial charge on any atom is -0.497 e. The van der Waals surface area contributed by atoms with Crippen molar-refractivity contribution in [3.05, 3.63) is 125 Å². The molecule has 1 heterocycles. The SMILES string of the molecule is COc1cccc(C(=O)N(Cc2ccc(C)cc2)c2cccc(CC(=O)NCc3ccncc3)c2)c1.